The number of hydrogen-bond acceptors (Lipinski definition) is 2. The maximum atomic E-state index is 12.4. The van der Waals surface area contributed by atoms with Crippen LogP contribution in [0.3, 0.4) is 0 Å². The normalized spacial score (nSPS) is 11.4. The number of fused-ring (bicyclic) bond motifs is 3. The number of aromatic amines is 1. The maximum absolute atomic E-state index is 12.4. The third kappa shape index (κ3) is 1.53. The average molecular weight is 241 g/mol. The van der Waals surface area contributed by atoms with Crippen LogP contribution in [0.4, 0.5) is 0 Å². The van der Waals surface area contributed by atoms with Crippen LogP contribution in [0.25, 0.3) is 21.9 Å². The Morgan fingerprint density at radius 1 is 1.33 bits per heavy atom. The molecule has 2 heterocycles. The topological polar surface area (TPSA) is 50.7 Å². The van der Waals surface area contributed by atoms with E-state index in [1.54, 1.807) is 6.33 Å². The van der Waals surface area contributed by atoms with Gasteiger partial charge in [0.25, 0.3) is 5.56 Å². The van der Waals surface area contributed by atoms with Crippen LogP contribution in [-0.2, 0) is 6.54 Å². The van der Waals surface area contributed by atoms with Crippen LogP contribution in [0, 0.1) is 0 Å². The van der Waals surface area contributed by atoms with E-state index in [0.717, 1.165) is 35.8 Å². The van der Waals surface area contributed by atoms with Crippen LogP contribution in [0.15, 0.2) is 35.4 Å². The van der Waals surface area contributed by atoms with Crippen molar-refractivity contribution < 1.29 is 0 Å². The van der Waals surface area contributed by atoms with Crippen LogP contribution in [0.1, 0.15) is 19.8 Å². The second kappa shape index (κ2) is 4.29. The van der Waals surface area contributed by atoms with E-state index in [2.05, 4.69) is 16.9 Å². The molecule has 0 unspecified atom stereocenters. The van der Waals surface area contributed by atoms with E-state index in [1.165, 1.54) is 0 Å². The van der Waals surface area contributed by atoms with Gasteiger partial charge in [-0.25, -0.2) is 4.98 Å². The number of para-hydroxylation sites is 1. The molecule has 0 bridgehead atoms. The van der Waals surface area contributed by atoms with Crippen molar-refractivity contribution >= 4 is 21.9 Å². The lowest BCUT2D eigenvalue weighted by Crippen LogP contribution is -2.21. The predicted molar refractivity (Wildman–Crippen MR) is 72.8 cm³/mol. The predicted octanol–water partition coefficient (Wildman–Crippen LogP) is 2.68. The van der Waals surface area contributed by atoms with Crippen molar-refractivity contribution in [1.29, 1.82) is 0 Å². The molecule has 92 valence electrons. The number of pyridine rings is 1. The summed E-state index contributed by atoms with van der Waals surface area (Å²) in [5, 5.41) is 1.03. The molecule has 0 aliphatic rings. The smallest absolute Gasteiger partial charge is 0.277 e. The van der Waals surface area contributed by atoms with Crippen molar-refractivity contribution in [2.45, 2.75) is 26.3 Å². The number of hydrogen-bond donors (Lipinski definition) is 1. The molecule has 0 radical (unpaired) electrons. The van der Waals surface area contributed by atoms with Gasteiger partial charge in [0.15, 0.2) is 0 Å². The lowest BCUT2D eigenvalue weighted by molar-refractivity contribution is 0.634. The van der Waals surface area contributed by atoms with E-state index in [1.807, 2.05) is 28.8 Å². The van der Waals surface area contributed by atoms with Gasteiger partial charge in [-0.3, -0.25) is 4.79 Å². The molecule has 18 heavy (non-hydrogen) atoms. The Hall–Kier alpha value is -2.10. The molecule has 0 fully saturated rings. The molecular weight excluding hydrogens is 226 g/mol. The summed E-state index contributed by atoms with van der Waals surface area (Å²) in [5.74, 6) is 0. The molecule has 1 aromatic carbocycles. The fourth-order valence-electron chi connectivity index (χ4n) is 2.35. The number of nitrogens with one attached hydrogen (secondary N) is 1. The molecule has 0 spiro atoms. The first-order chi connectivity index (χ1) is 8.83. The molecule has 0 aliphatic heterocycles. The quantitative estimate of drug-likeness (QED) is 0.766. The van der Waals surface area contributed by atoms with Gasteiger partial charge in [0.2, 0.25) is 0 Å². The molecule has 0 saturated carbocycles. The number of rotatable bonds is 3. The summed E-state index contributed by atoms with van der Waals surface area (Å²) in [5.41, 5.74) is 2.36. The van der Waals surface area contributed by atoms with Gasteiger partial charge in [-0.1, -0.05) is 31.5 Å². The maximum Gasteiger partial charge on any atom is 0.277 e. The zero-order chi connectivity index (χ0) is 12.5. The monoisotopic (exact) mass is 241 g/mol. The van der Waals surface area contributed by atoms with Gasteiger partial charge in [0.05, 0.1) is 11.8 Å². The zero-order valence-corrected chi connectivity index (χ0v) is 10.3. The van der Waals surface area contributed by atoms with Crippen LogP contribution in [0.2, 0.25) is 0 Å². The lowest BCUT2D eigenvalue weighted by Gasteiger charge is -2.10. The Morgan fingerprint density at radius 2 is 2.17 bits per heavy atom. The lowest BCUT2D eigenvalue weighted by atomic mass is 10.1. The molecule has 2 aromatic heterocycles. The second-order valence-electron chi connectivity index (χ2n) is 4.45. The molecule has 4 nitrogen and oxygen atoms in total. The summed E-state index contributed by atoms with van der Waals surface area (Å²) < 4.78 is 1.85. The summed E-state index contributed by atoms with van der Waals surface area (Å²) in [4.78, 5) is 19.6. The number of aromatic nitrogens is 3. The summed E-state index contributed by atoms with van der Waals surface area (Å²) >= 11 is 0. The van der Waals surface area contributed by atoms with Gasteiger partial charge in [-0.15, -0.1) is 0 Å². The number of imidazole rings is 1. The standard InChI is InChI=1S/C14H15N3O/c1-2-3-8-17-11-7-5-4-6-10(11)12-13(14(17)18)16-9-15-12/h4-7,9H,2-3,8H2,1H3,(H,15,16). The molecule has 4 heteroatoms. The third-order valence-corrected chi connectivity index (χ3v) is 3.28. The van der Waals surface area contributed by atoms with Gasteiger partial charge < -0.3 is 9.55 Å². The van der Waals surface area contributed by atoms with Gasteiger partial charge in [-0.2, -0.15) is 0 Å². The van der Waals surface area contributed by atoms with Crippen molar-refractivity contribution in [3.05, 3.63) is 40.9 Å². The Labute approximate surface area is 104 Å². The summed E-state index contributed by atoms with van der Waals surface area (Å²) in [7, 11) is 0. The van der Waals surface area contributed by atoms with Gasteiger partial charge >= 0.3 is 0 Å². The Balaban J connectivity index is 2.42. The molecule has 0 saturated heterocycles. The van der Waals surface area contributed by atoms with E-state index >= 15 is 0 Å². The van der Waals surface area contributed by atoms with Crippen molar-refractivity contribution in [2.75, 3.05) is 0 Å². The minimum absolute atomic E-state index is 0.0228. The van der Waals surface area contributed by atoms with Crippen molar-refractivity contribution in [3.8, 4) is 0 Å². The van der Waals surface area contributed by atoms with Gasteiger partial charge in [0.1, 0.15) is 11.0 Å². The van der Waals surface area contributed by atoms with Crippen LogP contribution in [0.5, 0.6) is 0 Å². The largest absolute Gasteiger partial charge is 0.340 e. The highest BCUT2D eigenvalue weighted by atomic mass is 16.1. The Kier molecular flexibility index (Phi) is 2.63. The van der Waals surface area contributed by atoms with E-state index in [4.69, 9.17) is 0 Å². The molecule has 0 atom stereocenters. The third-order valence-electron chi connectivity index (χ3n) is 3.28. The van der Waals surface area contributed by atoms with E-state index in [9.17, 15) is 4.79 Å². The van der Waals surface area contributed by atoms with Gasteiger partial charge in [0, 0.05) is 11.9 Å². The van der Waals surface area contributed by atoms with E-state index < -0.39 is 0 Å². The highest BCUT2D eigenvalue weighted by Gasteiger charge is 2.11. The Bertz CT molecular complexity index is 754. The first-order valence-electron chi connectivity index (χ1n) is 6.27. The minimum atomic E-state index is 0.0228. The molecule has 3 rings (SSSR count). The van der Waals surface area contributed by atoms with Crippen LogP contribution >= 0.6 is 0 Å². The first kappa shape index (κ1) is 11.0. The summed E-state index contributed by atoms with van der Waals surface area (Å²) in [6, 6.07) is 7.94. The molecule has 0 amide bonds. The number of nitrogens with zero attached hydrogens (tertiary/aromatic N) is 2. The van der Waals surface area contributed by atoms with Crippen molar-refractivity contribution in [1.82, 2.24) is 14.5 Å². The van der Waals surface area contributed by atoms with E-state index in [-0.39, 0.29) is 5.56 Å². The van der Waals surface area contributed by atoms with Gasteiger partial charge in [-0.05, 0) is 12.5 Å². The molecular formula is C14H15N3O. The average Bonchev–Trinajstić information content (AvgIpc) is 2.88. The van der Waals surface area contributed by atoms with E-state index in [0.29, 0.717) is 5.52 Å². The highest BCUT2D eigenvalue weighted by Crippen LogP contribution is 2.20. The van der Waals surface area contributed by atoms with Crippen molar-refractivity contribution in [2.24, 2.45) is 0 Å². The molecule has 0 aliphatic carbocycles. The van der Waals surface area contributed by atoms with Crippen LogP contribution < -0.4 is 5.56 Å². The zero-order valence-electron chi connectivity index (χ0n) is 10.3. The fraction of sp³-hybridized carbons (Fsp3) is 0.286. The summed E-state index contributed by atoms with van der Waals surface area (Å²) in [6.45, 7) is 2.88. The number of aryl methyl sites for hydroxylation is 1. The number of benzene rings is 1. The second-order valence-corrected chi connectivity index (χ2v) is 4.45. The summed E-state index contributed by atoms with van der Waals surface area (Å²) in [6.07, 6.45) is 3.66. The SMILES string of the molecule is CCCCn1c(=O)c2[nH]cnc2c2ccccc21. The van der Waals surface area contributed by atoms with Crippen molar-refractivity contribution in [3.63, 3.8) is 0 Å². The van der Waals surface area contributed by atoms with Crippen LogP contribution in [-0.4, -0.2) is 14.5 Å². The number of H-pyrrole nitrogens is 1. The minimum Gasteiger partial charge on any atom is -0.340 e. The highest BCUT2D eigenvalue weighted by molar-refractivity contribution is 6.01. The molecule has 1 N–H and O–H groups in total. The molecule has 3 aromatic rings. The first-order valence-corrected chi connectivity index (χ1v) is 6.27. The fourth-order valence-corrected chi connectivity index (χ4v) is 2.35. The Morgan fingerprint density at radius 3 is 3.00 bits per heavy atom. The number of unbranched alkanes of at least 4 members (excludes halogenated alkanes) is 1.